The van der Waals surface area contributed by atoms with E-state index < -0.39 is 0 Å². The summed E-state index contributed by atoms with van der Waals surface area (Å²) in [5.41, 5.74) is 0.321. The Balaban J connectivity index is 1.77. The summed E-state index contributed by atoms with van der Waals surface area (Å²) in [4.78, 5) is 0. The molecule has 0 aromatic carbocycles. The second-order valence-corrected chi connectivity index (χ2v) is 9.00. The molecule has 0 aliphatic carbocycles. The van der Waals surface area contributed by atoms with Gasteiger partial charge in [-0.3, -0.25) is 0 Å². The average molecular weight is 296 g/mol. The molecule has 2 fully saturated rings. The fourth-order valence-electron chi connectivity index (χ4n) is 2.68. The zero-order valence-electron chi connectivity index (χ0n) is 14.5. The second kappa shape index (κ2) is 6.23. The third-order valence-electron chi connectivity index (χ3n) is 4.08. The molecule has 0 atom stereocenters. The summed E-state index contributed by atoms with van der Waals surface area (Å²) in [5.74, 6) is 0. The largest absolute Gasteiger partial charge is 0.457 e. The number of hydrogen-bond acceptors (Lipinski definition) is 4. The molecule has 0 aromatic rings. The van der Waals surface area contributed by atoms with Crippen molar-refractivity contribution in [2.45, 2.75) is 54.2 Å². The van der Waals surface area contributed by atoms with Gasteiger partial charge in [0.25, 0.3) is 0 Å². The summed E-state index contributed by atoms with van der Waals surface area (Å²) in [6.07, 6.45) is 1.74. The quantitative estimate of drug-likeness (QED) is 0.747. The monoisotopic (exact) mass is 296 g/mol. The number of hydrogen-bond donors (Lipinski definition) is 0. The van der Waals surface area contributed by atoms with Gasteiger partial charge in [-0.2, -0.15) is 0 Å². The van der Waals surface area contributed by atoms with Gasteiger partial charge >= 0.3 is 14.2 Å². The molecule has 2 aliphatic heterocycles. The first-order valence-corrected chi connectivity index (χ1v) is 8.04. The summed E-state index contributed by atoms with van der Waals surface area (Å²) < 4.78 is 23.4. The fraction of sp³-hybridized carbons (Fsp3) is 1.00. The van der Waals surface area contributed by atoms with Crippen molar-refractivity contribution < 1.29 is 18.6 Å². The standard InChI is InChI=1S/C15H30B2O4/c1-13(2,7-16-18-9-14(3,4)10-19-16)8-17-20-11-15(5,6)12-21-17/h7-12H2,1-6H3. The highest BCUT2D eigenvalue weighted by molar-refractivity contribution is 6.47. The third-order valence-corrected chi connectivity index (χ3v) is 4.08. The third kappa shape index (κ3) is 5.59. The first-order valence-electron chi connectivity index (χ1n) is 8.04. The summed E-state index contributed by atoms with van der Waals surface area (Å²) in [6.45, 7) is 16.2. The normalized spacial score (nSPS) is 26.0. The van der Waals surface area contributed by atoms with E-state index in [2.05, 4.69) is 41.5 Å². The van der Waals surface area contributed by atoms with Gasteiger partial charge in [-0.25, -0.2) is 0 Å². The molecule has 2 heterocycles. The summed E-state index contributed by atoms with van der Waals surface area (Å²) >= 11 is 0. The van der Waals surface area contributed by atoms with Gasteiger partial charge in [-0.15, -0.1) is 0 Å². The molecule has 0 saturated carbocycles. The lowest BCUT2D eigenvalue weighted by Gasteiger charge is -2.38. The maximum atomic E-state index is 5.85. The van der Waals surface area contributed by atoms with E-state index in [0.717, 1.165) is 39.1 Å². The molecular weight excluding hydrogens is 266 g/mol. The molecule has 0 amide bonds. The molecule has 4 nitrogen and oxygen atoms in total. The van der Waals surface area contributed by atoms with Gasteiger partial charge in [-0.05, 0) is 18.1 Å². The predicted molar refractivity (Wildman–Crippen MR) is 86.3 cm³/mol. The molecule has 21 heavy (non-hydrogen) atoms. The van der Waals surface area contributed by atoms with Gasteiger partial charge in [0.1, 0.15) is 0 Å². The predicted octanol–water partition coefficient (Wildman–Crippen LogP) is 3.14. The Hall–Kier alpha value is -0.0301. The van der Waals surface area contributed by atoms with Crippen LogP contribution in [-0.2, 0) is 18.6 Å². The Morgan fingerprint density at radius 3 is 1.29 bits per heavy atom. The summed E-state index contributed by atoms with van der Waals surface area (Å²) in [5, 5.41) is 0. The molecule has 2 aliphatic rings. The smallest absolute Gasteiger partial charge is 0.410 e. The Bertz CT molecular complexity index is 306. The van der Waals surface area contributed by atoms with Crippen LogP contribution in [0.25, 0.3) is 0 Å². The summed E-state index contributed by atoms with van der Waals surface area (Å²) in [6, 6.07) is 0. The highest BCUT2D eigenvalue weighted by atomic mass is 16.6. The molecule has 0 radical (unpaired) electrons. The van der Waals surface area contributed by atoms with Crippen molar-refractivity contribution in [1.29, 1.82) is 0 Å². The molecule has 0 unspecified atom stereocenters. The zero-order chi connectivity index (χ0) is 15.7. The van der Waals surface area contributed by atoms with Crippen molar-refractivity contribution in [3.05, 3.63) is 0 Å². The van der Waals surface area contributed by atoms with Crippen LogP contribution in [0.15, 0.2) is 0 Å². The van der Waals surface area contributed by atoms with E-state index in [9.17, 15) is 0 Å². The van der Waals surface area contributed by atoms with Crippen molar-refractivity contribution in [3.63, 3.8) is 0 Å². The highest BCUT2D eigenvalue weighted by Crippen LogP contribution is 2.35. The van der Waals surface area contributed by atoms with Crippen LogP contribution in [0.1, 0.15) is 41.5 Å². The topological polar surface area (TPSA) is 36.9 Å². The van der Waals surface area contributed by atoms with Crippen LogP contribution in [0.2, 0.25) is 12.6 Å². The number of rotatable bonds is 4. The van der Waals surface area contributed by atoms with Crippen LogP contribution in [0.4, 0.5) is 0 Å². The van der Waals surface area contributed by atoms with Crippen molar-refractivity contribution in [2.75, 3.05) is 26.4 Å². The molecule has 120 valence electrons. The molecule has 2 rings (SSSR count). The van der Waals surface area contributed by atoms with Crippen molar-refractivity contribution in [2.24, 2.45) is 16.2 Å². The maximum Gasteiger partial charge on any atom is 0.457 e. The van der Waals surface area contributed by atoms with E-state index in [0.29, 0.717) is 0 Å². The van der Waals surface area contributed by atoms with Crippen molar-refractivity contribution >= 4 is 14.2 Å². The minimum absolute atomic E-state index is 0.0678. The van der Waals surface area contributed by atoms with Gasteiger partial charge in [0, 0.05) is 37.3 Å². The van der Waals surface area contributed by atoms with E-state index in [1.165, 1.54) is 0 Å². The van der Waals surface area contributed by atoms with Crippen LogP contribution in [-0.4, -0.2) is 40.7 Å². The minimum atomic E-state index is -0.104. The van der Waals surface area contributed by atoms with Gasteiger partial charge < -0.3 is 18.6 Å². The second-order valence-electron chi connectivity index (χ2n) is 9.00. The van der Waals surface area contributed by atoms with E-state index >= 15 is 0 Å². The first kappa shape index (κ1) is 17.3. The molecule has 0 aromatic heterocycles. The lowest BCUT2D eigenvalue weighted by atomic mass is 9.59. The van der Waals surface area contributed by atoms with Crippen LogP contribution < -0.4 is 0 Å². The Morgan fingerprint density at radius 2 is 1.00 bits per heavy atom. The molecule has 0 N–H and O–H groups in total. The highest BCUT2D eigenvalue weighted by Gasteiger charge is 2.40. The molecule has 2 saturated heterocycles. The Kier molecular flexibility index (Phi) is 5.14. The lowest BCUT2D eigenvalue weighted by molar-refractivity contribution is 0.0193. The van der Waals surface area contributed by atoms with E-state index in [4.69, 9.17) is 18.6 Å². The van der Waals surface area contributed by atoms with Crippen LogP contribution in [0, 0.1) is 16.2 Å². The Morgan fingerprint density at radius 1 is 0.714 bits per heavy atom. The van der Waals surface area contributed by atoms with E-state index in [1.54, 1.807) is 0 Å². The van der Waals surface area contributed by atoms with E-state index in [1.807, 2.05) is 0 Å². The average Bonchev–Trinajstić information content (AvgIpc) is 2.34. The van der Waals surface area contributed by atoms with Crippen molar-refractivity contribution in [1.82, 2.24) is 0 Å². The minimum Gasteiger partial charge on any atom is -0.410 e. The maximum absolute atomic E-state index is 5.85. The van der Waals surface area contributed by atoms with Gasteiger partial charge in [0.2, 0.25) is 0 Å². The van der Waals surface area contributed by atoms with Crippen LogP contribution in [0.5, 0.6) is 0 Å². The van der Waals surface area contributed by atoms with Gasteiger partial charge in [0.15, 0.2) is 0 Å². The molecule has 0 spiro atoms. The van der Waals surface area contributed by atoms with Gasteiger partial charge in [0.05, 0.1) is 0 Å². The summed E-state index contributed by atoms with van der Waals surface area (Å²) in [7, 11) is -0.207. The van der Waals surface area contributed by atoms with Crippen LogP contribution in [0.3, 0.4) is 0 Å². The van der Waals surface area contributed by atoms with Crippen LogP contribution >= 0.6 is 0 Å². The zero-order valence-corrected chi connectivity index (χ0v) is 14.5. The first-order chi connectivity index (χ1) is 9.57. The molecule has 0 bridgehead atoms. The SMILES string of the molecule is CC1(C)COB(CC(C)(C)CB2OCC(C)(C)CO2)OC1. The molecule has 6 heteroatoms. The Labute approximate surface area is 130 Å². The van der Waals surface area contributed by atoms with Gasteiger partial charge in [-0.1, -0.05) is 41.5 Å². The van der Waals surface area contributed by atoms with E-state index in [-0.39, 0.29) is 30.5 Å². The fourth-order valence-corrected chi connectivity index (χ4v) is 2.68. The van der Waals surface area contributed by atoms with Crippen molar-refractivity contribution in [3.8, 4) is 0 Å². The lowest BCUT2D eigenvalue weighted by Crippen LogP contribution is -2.45. The molecular formula is C15H30B2O4.